The van der Waals surface area contributed by atoms with Crippen molar-refractivity contribution < 1.29 is 28.3 Å². The number of aromatic carboxylic acids is 1. The van der Waals surface area contributed by atoms with Crippen molar-refractivity contribution >= 4 is 11.7 Å². The monoisotopic (exact) mass is 247 g/mol. The number of benzene rings is 1. The van der Waals surface area contributed by atoms with Gasteiger partial charge in [0.15, 0.2) is 5.75 Å². The van der Waals surface area contributed by atoms with Gasteiger partial charge in [-0.25, -0.2) is 13.6 Å². The number of nitro groups is 1. The molecular weight excluding hydrogens is 240 g/mol. The molecule has 0 fully saturated rings. The van der Waals surface area contributed by atoms with Crippen LogP contribution in [0.3, 0.4) is 0 Å². The normalized spacial score (nSPS) is 10.3. The van der Waals surface area contributed by atoms with Crippen molar-refractivity contribution in [3.8, 4) is 5.75 Å². The van der Waals surface area contributed by atoms with Crippen LogP contribution in [0.15, 0.2) is 18.2 Å². The van der Waals surface area contributed by atoms with Crippen LogP contribution in [0, 0.1) is 10.1 Å². The molecule has 0 unspecified atom stereocenters. The van der Waals surface area contributed by atoms with E-state index in [2.05, 4.69) is 4.74 Å². The molecule has 92 valence electrons. The minimum Gasteiger partial charge on any atom is -0.481 e. The molecule has 6 nitrogen and oxygen atoms in total. The van der Waals surface area contributed by atoms with Crippen LogP contribution in [0.2, 0.25) is 0 Å². The molecule has 0 aliphatic heterocycles. The smallest absolute Gasteiger partial charge is 0.335 e. The number of alkyl halides is 2. The number of halogens is 2. The maximum Gasteiger partial charge on any atom is 0.335 e. The van der Waals surface area contributed by atoms with Crippen molar-refractivity contribution in [2.75, 3.05) is 6.61 Å². The summed E-state index contributed by atoms with van der Waals surface area (Å²) in [6.45, 7) is -1.04. The Morgan fingerprint density at radius 2 is 2.18 bits per heavy atom. The molecule has 0 spiro atoms. The van der Waals surface area contributed by atoms with E-state index in [1.54, 1.807) is 0 Å². The zero-order valence-corrected chi connectivity index (χ0v) is 8.30. The summed E-state index contributed by atoms with van der Waals surface area (Å²) >= 11 is 0. The van der Waals surface area contributed by atoms with E-state index in [-0.39, 0.29) is 5.56 Å². The predicted molar refractivity (Wildman–Crippen MR) is 51.6 cm³/mol. The van der Waals surface area contributed by atoms with Gasteiger partial charge in [-0.1, -0.05) is 0 Å². The molecule has 1 rings (SSSR count). The Labute approximate surface area is 93.6 Å². The molecule has 0 saturated carbocycles. The molecule has 0 saturated heterocycles. The third kappa shape index (κ3) is 3.37. The van der Waals surface area contributed by atoms with Gasteiger partial charge in [-0.3, -0.25) is 10.1 Å². The van der Waals surface area contributed by atoms with E-state index in [4.69, 9.17) is 5.11 Å². The molecule has 0 radical (unpaired) electrons. The van der Waals surface area contributed by atoms with Gasteiger partial charge in [0.1, 0.15) is 6.61 Å². The van der Waals surface area contributed by atoms with Crippen LogP contribution in [0.4, 0.5) is 14.5 Å². The zero-order chi connectivity index (χ0) is 13.0. The Balaban J connectivity index is 3.07. The van der Waals surface area contributed by atoms with Crippen molar-refractivity contribution in [1.29, 1.82) is 0 Å². The maximum absolute atomic E-state index is 11.9. The third-order valence-electron chi connectivity index (χ3n) is 1.77. The van der Waals surface area contributed by atoms with Crippen LogP contribution < -0.4 is 4.74 Å². The number of carboxylic acid groups (broad SMARTS) is 1. The minimum atomic E-state index is -2.80. The van der Waals surface area contributed by atoms with Gasteiger partial charge in [0, 0.05) is 12.1 Å². The first-order valence-corrected chi connectivity index (χ1v) is 4.34. The average molecular weight is 247 g/mol. The van der Waals surface area contributed by atoms with E-state index in [1.165, 1.54) is 0 Å². The lowest BCUT2D eigenvalue weighted by atomic mass is 10.2. The molecule has 0 bridgehead atoms. The lowest BCUT2D eigenvalue weighted by molar-refractivity contribution is -0.385. The number of hydrogen-bond donors (Lipinski definition) is 1. The van der Waals surface area contributed by atoms with Crippen LogP contribution in [0.25, 0.3) is 0 Å². The first-order valence-electron chi connectivity index (χ1n) is 4.34. The fraction of sp³-hybridized carbons (Fsp3) is 0.222. The molecule has 8 heteroatoms. The molecule has 0 aliphatic carbocycles. The summed E-state index contributed by atoms with van der Waals surface area (Å²) in [7, 11) is 0. The average Bonchev–Trinajstić information content (AvgIpc) is 2.25. The van der Waals surface area contributed by atoms with Crippen molar-refractivity contribution in [2.45, 2.75) is 6.43 Å². The number of nitrogens with zero attached hydrogens (tertiary/aromatic N) is 1. The van der Waals surface area contributed by atoms with E-state index in [0.29, 0.717) is 0 Å². The standard InChI is InChI=1S/C9H7F2NO5/c10-8(11)4-17-7-3-5(9(13)14)1-2-6(7)12(15)16/h1-3,8H,4H2,(H,13,14). The SMILES string of the molecule is O=C(O)c1ccc([N+](=O)[O-])c(OCC(F)F)c1. The lowest BCUT2D eigenvalue weighted by Crippen LogP contribution is -2.09. The van der Waals surface area contributed by atoms with Gasteiger partial charge in [0.2, 0.25) is 0 Å². The second-order valence-electron chi connectivity index (χ2n) is 2.95. The van der Waals surface area contributed by atoms with Gasteiger partial charge in [0.05, 0.1) is 10.5 Å². The Kier molecular flexibility index (Phi) is 3.91. The highest BCUT2D eigenvalue weighted by Crippen LogP contribution is 2.28. The lowest BCUT2D eigenvalue weighted by Gasteiger charge is -2.06. The van der Waals surface area contributed by atoms with Crippen LogP contribution >= 0.6 is 0 Å². The topological polar surface area (TPSA) is 89.7 Å². The van der Waals surface area contributed by atoms with Crippen LogP contribution in [0.5, 0.6) is 5.75 Å². The number of carbonyl (C=O) groups is 1. The molecule has 0 amide bonds. The fourth-order valence-electron chi connectivity index (χ4n) is 1.07. The van der Waals surface area contributed by atoms with E-state index in [1.807, 2.05) is 0 Å². The molecule has 1 N–H and O–H groups in total. The summed E-state index contributed by atoms with van der Waals surface area (Å²) < 4.78 is 28.3. The summed E-state index contributed by atoms with van der Waals surface area (Å²) in [6.07, 6.45) is -2.80. The second kappa shape index (κ2) is 5.19. The van der Waals surface area contributed by atoms with Crippen molar-refractivity contribution in [3.05, 3.63) is 33.9 Å². The Morgan fingerprint density at radius 3 is 2.65 bits per heavy atom. The highest BCUT2D eigenvalue weighted by atomic mass is 19.3. The summed E-state index contributed by atoms with van der Waals surface area (Å²) in [5, 5.41) is 19.2. The van der Waals surface area contributed by atoms with Gasteiger partial charge >= 0.3 is 11.7 Å². The molecule has 0 aromatic heterocycles. The fourth-order valence-corrected chi connectivity index (χ4v) is 1.07. The summed E-state index contributed by atoms with van der Waals surface area (Å²) in [6, 6.07) is 2.73. The molecule has 1 aromatic carbocycles. The van der Waals surface area contributed by atoms with E-state index >= 15 is 0 Å². The summed E-state index contributed by atoms with van der Waals surface area (Å²) in [4.78, 5) is 20.3. The number of carboxylic acids is 1. The van der Waals surface area contributed by atoms with Crippen molar-refractivity contribution in [3.63, 3.8) is 0 Å². The highest BCUT2D eigenvalue weighted by Gasteiger charge is 2.19. The zero-order valence-electron chi connectivity index (χ0n) is 8.30. The summed E-state index contributed by atoms with van der Waals surface area (Å²) in [5.74, 6) is -1.82. The first kappa shape index (κ1) is 12.8. The Hall–Kier alpha value is -2.25. The van der Waals surface area contributed by atoms with Crippen molar-refractivity contribution in [2.24, 2.45) is 0 Å². The van der Waals surface area contributed by atoms with E-state index < -0.39 is 35.4 Å². The van der Waals surface area contributed by atoms with Gasteiger partial charge in [-0.05, 0) is 6.07 Å². The third-order valence-corrected chi connectivity index (χ3v) is 1.77. The predicted octanol–water partition coefficient (Wildman–Crippen LogP) is 1.94. The van der Waals surface area contributed by atoms with Gasteiger partial charge in [0.25, 0.3) is 6.43 Å². The van der Waals surface area contributed by atoms with Crippen LogP contribution in [0.1, 0.15) is 10.4 Å². The molecule has 0 atom stereocenters. The van der Waals surface area contributed by atoms with Gasteiger partial charge < -0.3 is 9.84 Å². The molecule has 0 aliphatic rings. The van der Waals surface area contributed by atoms with Crippen LogP contribution in [-0.4, -0.2) is 29.0 Å². The minimum absolute atomic E-state index is 0.278. The number of hydrogen-bond acceptors (Lipinski definition) is 4. The number of nitro benzene ring substituents is 1. The van der Waals surface area contributed by atoms with E-state index in [0.717, 1.165) is 18.2 Å². The van der Waals surface area contributed by atoms with Crippen LogP contribution in [-0.2, 0) is 0 Å². The maximum atomic E-state index is 11.9. The molecule has 1 aromatic rings. The quantitative estimate of drug-likeness (QED) is 0.634. The van der Waals surface area contributed by atoms with E-state index in [9.17, 15) is 23.7 Å². The second-order valence-corrected chi connectivity index (χ2v) is 2.95. The van der Waals surface area contributed by atoms with Crippen molar-refractivity contribution in [1.82, 2.24) is 0 Å². The molecular formula is C9H7F2NO5. The highest BCUT2D eigenvalue weighted by molar-refractivity contribution is 5.88. The Morgan fingerprint density at radius 1 is 1.53 bits per heavy atom. The summed E-state index contributed by atoms with van der Waals surface area (Å²) in [5.41, 5.74) is -0.837. The molecule has 0 heterocycles. The molecule has 17 heavy (non-hydrogen) atoms. The number of rotatable bonds is 5. The largest absolute Gasteiger partial charge is 0.481 e. The number of ether oxygens (including phenoxy) is 1. The van der Waals surface area contributed by atoms with Gasteiger partial charge in [-0.2, -0.15) is 0 Å². The first-order chi connectivity index (χ1) is 7.91. The van der Waals surface area contributed by atoms with Gasteiger partial charge in [-0.15, -0.1) is 0 Å². The Bertz CT molecular complexity index is 449.